The number of pyridine rings is 1. The van der Waals surface area contributed by atoms with Crippen molar-refractivity contribution < 1.29 is 19.0 Å². The maximum absolute atomic E-state index is 12.6. The molecule has 30 heavy (non-hydrogen) atoms. The first kappa shape index (κ1) is 21.1. The molecule has 3 aromatic rings. The molecule has 0 unspecified atom stereocenters. The van der Waals surface area contributed by atoms with Gasteiger partial charge in [0.25, 0.3) is 5.91 Å². The highest BCUT2D eigenvalue weighted by Gasteiger charge is 2.14. The number of ether oxygens (including phenoxy) is 3. The number of aromatic nitrogens is 1. The van der Waals surface area contributed by atoms with Crippen molar-refractivity contribution in [2.75, 3.05) is 24.8 Å². The zero-order valence-corrected chi connectivity index (χ0v) is 17.3. The standard InChI is InChI=1S/C23H25N3O4/c1-4-29-20-7-5-6-8-21(20)30-17-11-9-16(10-12-17)25-23(27)18-13-15(2)19(14-28-3)26-22(18)24/h5-13H,4,14H2,1-3H3,(H2,24,26)(H,25,27). The van der Waals surface area contributed by atoms with E-state index < -0.39 is 0 Å². The number of anilines is 2. The van der Waals surface area contributed by atoms with Crippen LogP contribution in [-0.4, -0.2) is 24.6 Å². The van der Waals surface area contributed by atoms with Gasteiger partial charge in [-0.1, -0.05) is 12.1 Å². The summed E-state index contributed by atoms with van der Waals surface area (Å²) >= 11 is 0. The van der Waals surface area contributed by atoms with Crippen molar-refractivity contribution in [1.82, 2.24) is 4.98 Å². The fraction of sp³-hybridized carbons (Fsp3) is 0.217. The largest absolute Gasteiger partial charge is 0.490 e. The van der Waals surface area contributed by atoms with Gasteiger partial charge in [-0.15, -0.1) is 0 Å². The van der Waals surface area contributed by atoms with Crippen LogP contribution in [0, 0.1) is 6.92 Å². The van der Waals surface area contributed by atoms with E-state index in [0.29, 0.717) is 47.4 Å². The van der Waals surface area contributed by atoms with Gasteiger partial charge < -0.3 is 25.3 Å². The van der Waals surface area contributed by atoms with Gasteiger partial charge in [0.15, 0.2) is 11.5 Å². The number of amides is 1. The Hall–Kier alpha value is -3.58. The molecule has 1 amide bonds. The van der Waals surface area contributed by atoms with E-state index in [1.54, 1.807) is 37.4 Å². The molecule has 0 aliphatic carbocycles. The molecule has 1 aromatic heterocycles. The van der Waals surface area contributed by atoms with Crippen LogP contribution in [-0.2, 0) is 11.3 Å². The normalized spacial score (nSPS) is 10.5. The highest BCUT2D eigenvalue weighted by Crippen LogP contribution is 2.31. The SMILES string of the molecule is CCOc1ccccc1Oc1ccc(NC(=O)c2cc(C)c(COC)nc2N)cc1. The Labute approximate surface area is 175 Å². The van der Waals surface area contributed by atoms with E-state index in [2.05, 4.69) is 10.3 Å². The number of carbonyl (C=O) groups is 1. The van der Waals surface area contributed by atoms with E-state index in [0.717, 1.165) is 5.56 Å². The Balaban J connectivity index is 1.70. The molecule has 0 saturated carbocycles. The molecule has 0 fully saturated rings. The summed E-state index contributed by atoms with van der Waals surface area (Å²) in [6.45, 7) is 4.67. The summed E-state index contributed by atoms with van der Waals surface area (Å²) in [4.78, 5) is 16.9. The Morgan fingerprint density at radius 2 is 1.80 bits per heavy atom. The molecule has 0 bridgehead atoms. The summed E-state index contributed by atoms with van der Waals surface area (Å²) in [5, 5.41) is 2.83. The van der Waals surface area contributed by atoms with Crippen LogP contribution in [0.25, 0.3) is 0 Å². The lowest BCUT2D eigenvalue weighted by Gasteiger charge is -2.13. The molecular formula is C23H25N3O4. The van der Waals surface area contributed by atoms with Crippen LogP contribution in [0.2, 0.25) is 0 Å². The van der Waals surface area contributed by atoms with E-state index in [-0.39, 0.29) is 11.7 Å². The van der Waals surface area contributed by atoms with E-state index >= 15 is 0 Å². The minimum Gasteiger partial charge on any atom is -0.490 e. The predicted molar refractivity (Wildman–Crippen MR) is 116 cm³/mol. The number of rotatable bonds is 8. The lowest BCUT2D eigenvalue weighted by Crippen LogP contribution is -2.16. The van der Waals surface area contributed by atoms with Crippen LogP contribution in [0.1, 0.15) is 28.5 Å². The van der Waals surface area contributed by atoms with Crippen molar-refractivity contribution in [1.29, 1.82) is 0 Å². The van der Waals surface area contributed by atoms with Crippen LogP contribution in [0.5, 0.6) is 17.2 Å². The van der Waals surface area contributed by atoms with Gasteiger partial charge in [-0.2, -0.15) is 0 Å². The average Bonchev–Trinajstić information content (AvgIpc) is 2.73. The van der Waals surface area contributed by atoms with Gasteiger partial charge in [0.2, 0.25) is 0 Å². The van der Waals surface area contributed by atoms with E-state index in [1.807, 2.05) is 38.1 Å². The minimum atomic E-state index is -0.331. The number of para-hydroxylation sites is 2. The predicted octanol–water partition coefficient (Wildman–Crippen LogP) is 4.56. The molecule has 7 nitrogen and oxygen atoms in total. The van der Waals surface area contributed by atoms with Gasteiger partial charge in [-0.25, -0.2) is 4.98 Å². The van der Waals surface area contributed by atoms with Crippen molar-refractivity contribution in [2.45, 2.75) is 20.5 Å². The second kappa shape index (κ2) is 9.76. The summed E-state index contributed by atoms with van der Waals surface area (Å²) in [5.41, 5.74) is 8.45. The van der Waals surface area contributed by atoms with Gasteiger partial charge >= 0.3 is 0 Å². The van der Waals surface area contributed by atoms with Crippen molar-refractivity contribution in [3.8, 4) is 17.2 Å². The van der Waals surface area contributed by atoms with E-state index in [9.17, 15) is 4.79 Å². The fourth-order valence-corrected chi connectivity index (χ4v) is 2.87. The number of nitrogens with zero attached hydrogens (tertiary/aromatic N) is 1. The summed E-state index contributed by atoms with van der Waals surface area (Å²) < 4.78 is 16.6. The molecule has 0 spiro atoms. The molecule has 3 rings (SSSR count). The van der Waals surface area contributed by atoms with Crippen LogP contribution in [0.3, 0.4) is 0 Å². The number of nitrogens with two attached hydrogens (primary N) is 1. The molecule has 1 heterocycles. The maximum atomic E-state index is 12.6. The number of benzene rings is 2. The average molecular weight is 407 g/mol. The van der Waals surface area contributed by atoms with Crippen LogP contribution < -0.4 is 20.5 Å². The van der Waals surface area contributed by atoms with Crippen molar-refractivity contribution in [2.24, 2.45) is 0 Å². The Kier molecular flexibility index (Phi) is 6.87. The Bertz CT molecular complexity index is 1020. The first-order valence-electron chi connectivity index (χ1n) is 9.57. The van der Waals surface area contributed by atoms with Crippen LogP contribution in [0.4, 0.5) is 11.5 Å². The number of nitrogen functional groups attached to an aromatic ring is 1. The fourth-order valence-electron chi connectivity index (χ4n) is 2.87. The third kappa shape index (κ3) is 5.07. The summed E-state index contributed by atoms with van der Waals surface area (Å²) in [7, 11) is 1.58. The number of carbonyl (C=O) groups excluding carboxylic acids is 1. The van der Waals surface area contributed by atoms with Gasteiger partial charge in [-0.05, 0) is 61.9 Å². The highest BCUT2D eigenvalue weighted by atomic mass is 16.5. The number of hydrogen-bond acceptors (Lipinski definition) is 6. The molecule has 156 valence electrons. The molecule has 0 aliphatic rings. The molecule has 3 N–H and O–H groups in total. The van der Waals surface area contributed by atoms with Gasteiger partial charge in [0.1, 0.15) is 11.6 Å². The van der Waals surface area contributed by atoms with Crippen LogP contribution in [0.15, 0.2) is 54.6 Å². The Morgan fingerprint density at radius 3 is 2.47 bits per heavy atom. The summed E-state index contributed by atoms with van der Waals surface area (Å²) in [5.74, 6) is 1.76. The van der Waals surface area contributed by atoms with E-state index in [4.69, 9.17) is 19.9 Å². The van der Waals surface area contributed by atoms with Gasteiger partial charge in [0.05, 0.1) is 24.5 Å². The van der Waals surface area contributed by atoms with E-state index in [1.165, 1.54) is 0 Å². The first-order valence-corrected chi connectivity index (χ1v) is 9.57. The number of aryl methyl sites for hydroxylation is 1. The molecule has 0 radical (unpaired) electrons. The number of hydrogen-bond donors (Lipinski definition) is 2. The minimum absolute atomic E-state index is 0.164. The van der Waals surface area contributed by atoms with Crippen molar-refractivity contribution in [3.05, 3.63) is 71.4 Å². The van der Waals surface area contributed by atoms with Crippen LogP contribution >= 0.6 is 0 Å². The smallest absolute Gasteiger partial charge is 0.259 e. The Morgan fingerprint density at radius 1 is 1.10 bits per heavy atom. The monoisotopic (exact) mass is 407 g/mol. The number of nitrogens with one attached hydrogen (secondary N) is 1. The summed E-state index contributed by atoms with van der Waals surface area (Å²) in [6.07, 6.45) is 0. The maximum Gasteiger partial charge on any atom is 0.259 e. The third-order valence-corrected chi connectivity index (χ3v) is 4.36. The lowest BCUT2D eigenvalue weighted by atomic mass is 10.1. The third-order valence-electron chi connectivity index (χ3n) is 4.36. The zero-order valence-electron chi connectivity index (χ0n) is 17.3. The zero-order chi connectivity index (χ0) is 21.5. The molecule has 2 aromatic carbocycles. The molecule has 0 atom stereocenters. The van der Waals surface area contributed by atoms with Gasteiger partial charge in [0, 0.05) is 12.8 Å². The number of methoxy groups -OCH3 is 1. The summed E-state index contributed by atoms with van der Waals surface area (Å²) in [6, 6.07) is 16.2. The quantitative estimate of drug-likeness (QED) is 0.568. The lowest BCUT2D eigenvalue weighted by molar-refractivity contribution is 0.102. The highest BCUT2D eigenvalue weighted by molar-refractivity contribution is 6.07. The van der Waals surface area contributed by atoms with Crippen molar-refractivity contribution >= 4 is 17.4 Å². The van der Waals surface area contributed by atoms with Gasteiger partial charge in [-0.3, -0.25) is 4.79 Å². The molecular weight excluding hydrogens is 382 g/mol. The topological polar surface area (TPSA) is 95.7 Å². The second-order valence-corrected chi connectivity index (χ2v) is 6.58. The second-order valence-electron chi connectivity index (χ2n) is 6.58. The molecule has 0 aliphatic heterocycles. The molecule has 7 heteroatoms. The van der Waals surface area contributed by atoms with Crippen molar-refractivity contribution in [3.63, 3.8) is 0 Å². The first-order chi connectivity index (χ1) is 14.5. The molecule has 0 saturated heterocycles.